The van der Waals surface area contributed by atoms with Crippen LogP contribution in [-0.4, -0.2) is 20.9 Å². The third-order valence-corrected chi connectivity index (χ3v) is 2.69. The molecule has 0 bridgehead atoms. The van der Waals surface area contributed by atoms with Crippen molar-refractivity contribution in [1.29, 1.82) is 0 Å². The van der Waals surface area contributed by atoms with E-state index in [1.807, 2.05) is 0 Å². The number of halogens is 1. The Balaban J connectivity index is 1.94. The zero-order valence-corrected chi connectivity index (χ0v) is 10.2. The van der Waals surface area contributed by atoms with Crippen molar-refractivity contribution in [2.24, 2.45) is 0 Å². The maximum atomic E-state index is 13.6. The fraction of sp³-hybridized carbons (Fsp3) is 0. The fourth-order valence-corrected chi connectivity index (χ4v) is 1.77. The number of hydrogen-bond acceptors (Lipinski definition) is 4. The lowest BCUT2D eigenvalue weighted by molar-refractivity contribution is 0.102. The van der Waals surface area contributed by atoms with Crippen LogP contribution in [0.25, 0.3) is 10.9 Å². The average molecular weight is 268 g/mol. The van der Waals surface area contributed by atoms with Gasteiger partial charge in [-0.15, -0.1) is 0 Å². The summed E-state index contributed by atoms with van der Waals surface area (Å²) >= 11 is 0. The van der Waals surface area contributed by atoms with Crippen molar-refractivity contribution in [2.45, 2.75) is 0 Å². The summed E-state index contributed by atoms with van der Waals surface area (Å²) in [7, 11) is 0. The molecular formula is C14H9FN4O. The van der Waals surface area contributed by atoms with Gasteiger partial charge in [0.25, 0.3) is 5.91 Å². The van der Waals surface area contributed by atoms with Gasteiger partial charge in [0.15, 0.2) is 0 Å². The van der Waals surface area contributed by atoms with Crippen LogP contribution >= 0.6 is 0 Å². The van der Waals surface area contributed by atoms with Crippen LogP contribution in [0.15, 0.2) is 48.8 Å². The van der Waals surface area contributed by atoms with E-state index >= 15 is 0 Å². The number of amides is 1. The van der Waals surface area contributed by atoms with E-state index in [1.165, 1.54) is 24.5 Å². The molecule has 2 aromatic heterocycles. The molecule has 0 unspecified atom stereocenters. The number of para-hydroxylation sites is 1. The van der Waals surface area contributed by atoms with Crippen LogP contribution in [-0.2, 0) is 0 Å². The van der Waals surface area contributed by atoms with Gasteiger partial charge in [0.05, 0.1) is 0 Å². The van der Waals surface area contributed by atoms with Crippen molar-refractivity contribution in [3.05, 3.63) is 60.3 Å². The van der Waals surface area contributed by atoms with Crippen LogP contribution in [0.5, 0.6) is 0 Å². The highest BCUT2D eigenvalue weighted by Gasteiger charge is 2.11. The third kappa shape index (κ3) is 2.31. The summed E-state index contributed by atoms with van der Waals surface area (Å²) in [4.78, 5) is 23.8. The molecule has 2 heterocycles. The van der Waals surface area contributed by atoms with Crippen molar-refractivity contribution >= 4 is 22.8 Å². The summed E-state index contributed by atoms with van der Waals surface area (Å²) < 4.78 is 13.6. The molecule has 0 spiro atoms. The van der Waals surface area contributed by atoms with Gasteiger partial charge in [0.2, 0.25) is 5.95 Å². The Kier molecular flexibility index (Phi) is 3.04. The van der Waals surface area contributed by atoms with Crippen molar-refractivity contribution in [3.63, 3.8) is 0 Å². The van der Waals surface area contributed by atoms with E-state index in [1.54, 1.807) is 24.3 Å². The zero-order valence-electron chi connectivity index (χ0n) is 10.2. The molecule has 0 aliphatic heterocycles. The number of fused-ring (bicyclic) bond motifs is 1. The quantitative estimate of drug-likeness (QED) is 0.775. The second-order valence-corrected chi connectivity index (χ2v) is 4.03. The second-order valence-electron chi connectivity index (χ2n) is 4.03. The third-order valence-electron chi connectivity index (χ3n) is 2.69. The first-order chi connectivity index (χ1) is 9.74. The van der Waals surface area contributed by atoms with E-state index in [0.717, 1.165) is 0 Å². The van der Waals surface area contributed by atoms with Crippen molar-refractivity contribution in [1.82, 2.24) is 15.0 Å². The summed E-state index contributed by atoms with van der Waals surface area (Å²) in [5.41, 5.74) is 0.268. The molecule has 3 aromatic rings. The number of aromatic nitrogens is 3. The molecule has 0 aliphatic rings. The molecule has 3 rings (SSSR count). The summed E-state index contributed by atoms with van der Waals surface area (Å²) in [5, 5.41) is 3.13. The highest BCUT2D eigenvalue weighted by Crippen LogP contribution is 2.16. The van der Waals surface area contributed by atoms with E-state index in [-0.39, 0.29) is 17.2 Å². The van der Waals surface area contributed by atoms with Crippen molar-refractivity contribution in [2.75, 3.05) is 5.32 Å². The number of anilines is 1. The minimum Gasteiger partial charge on any atom is -0.289 e. The molecule has 98 valence electrons. The topological polar surface area (TPSA) is 67.8 Å². The molecule has 0 atom stereocenters. The Labute approximate surface area is 113 Å². The van der Waals surface area contributed by atoms with Crippen LogP contribution in [0.2, 0.25) is 0 Å². The lowest BCUT2D eigenvalue weighted by Gasteiger charge is -2.04. The summed E-state index contributed by atoms with van der Waals surface area (Å²) in [6.07, 6.45) is 3.02. The van der Waals surface area contributed by atoms with E-state index < -0.39 is 11.7 Å². The second kappa shape index (κ2) is 5.00. The van der Waals surface area contributed by atoms with Gasteiger partial charge in [-0.1, -0.05) is 18.2 Å². The van der Waals surface area contributed by atoms with Gasteiger partial charge in [0, 0.05) is 17.8 Å². The first kappa shape index (κ1) is 12.2. The molecule has 0 fully saturated rings. The highest BCUT2D eigenvalue weighted by atomic mass is 19.1. The number of carbonyl (C=O) groups is 1. The van der Waals surface area contributed by atoms with E-state index in [2.05, 4.69) is 20.3 Å². The molecule has 20 heavy (non-hydrogen) atoms. The van der Waals surface area contributed by atoms with Gasteiger partial charge in [-0.3, -0.25) is 10.1 Å². The van der Waals surface area contributed by atoms with E-state index in [4.69, 9.17) is 0 Å². The Morgan fingerprint density at radius 2 is 1.85 bits per heavy atom. The fourth-order valence-electron chi connectivity index (χ4n) is 1.77. The lowest BCUT2D eigenvalue weighted by Crippen LogP contribution is -2.15. The van der Waals surface area contributed by atoms with Crippen LogP contribution in [0.4, 0.5) is 10.3 Å². The SMILES string of the molecule is O=C(Nc1ncccn1)c1ccc2cccc(F)c2n1. The van der Waals surface area contributed by atoms with Gasteiger partial charge in [-0.25, -0.2) is 19.3 Å². The Morgan fingerprint density at radius 1 is 1.05 bits per heavy atom. The molecule has 6 heteroatoms. The van der Waals surface area contributed by atoms with Gasteiger partial charge in [0.1, 0.15) is 17.0 Å². The maximum Gasteiger partial charge on any atom is 0.276 e. The summed E-state index contributed by atoms with van der Waals surface area (Å²) in [5.74, 6) is -0.776. The average Bonchev–Trinajstić information content (AvgIpc) is 2.48. The number of carbonyl (C=O) groups excluding carboxylic acids is 1. The monoisotopic (exact) mass is 268 g/mol. The lowest BCUT2D eigenvalue weighted by atomic mass is 10.2. The van der Waals surface area contributed by atoms with Gasteiger partial charge in [-0.05, 0) is 18.2 Å². The Bertz CT molecular complexity index is 776. The van der Waals surface area contributed by atoms with E-state index in [9.17, 15) is 9.18 Å². The van der Waals surface area contributed by atoms with Gasteiger partial charge < -0.3 is 0 Å². The number of benzene rings is 1. The van der Waals surface area contributed by atoms with Gasteiger partial charge >= 0.3 is 0 Å². The maximum absolute atomic E-state index is 13.6. The Hall–Kier alpha value is -2.89. The smallest absolute Gasteiger partial charge is 0.276 e. The molecule has 0 aliphatic carbocycles. The van der Waals surface area contributed by atoms with Gasteiger partial charge in [-0.2, -0.15) is 0 Å². The Morgan fingerprint density at radius 3 is 2.65 bits per heavy atom. The van der Waals surface area contributed by atoms with Crippen LogP contribution < -0.4 is 5.32 Å². The number of nitrogens with zero attached hydrogens (tertiary/aromatic N) is 3. The van der Waals surface area contributed by atoms with Crippen LogP contribution in [0, 0.1) is 5.82 Å². The van der Waals surface area contributed by atoms with Crippen molar-refractivity contribution < 1.29 is 9.18 Å². The zero-order chi connectivity index (χ0) is 13.9. The first-order valence-electron chi connectivity index (χ1n) is 5.88. The standard InChI is InChI=1S/C14H9FN4O/c15-10-4-1-3-9-5-6-11(18-12(9)10)13(20)19-14-16-7-2-8-17-14/h1-8H,(H,16,17,19,20). The molecule has 5 nitrogen and oxygen atoms in total. The molecule has 0 saturated heterocycles. The number of pyridine rings is 1. The number of rotatable bonds is 2. The molecule has 0 radical (unpaired) electrons. The van der Waals surface area contributed by atoms with Crippen LogP contribution in [0.1, 0.15) is 10.5 Å². The number of nitrogens with one attached hydrogen (secondary N) is 1. The predicted octanol–water partition coefficient (Wildman–Crippen LogP) is 2.42. The van der Waals surface area contributed by atoms with E-state index in [0.29, 0.717) is 5.39 Å². The summed E-state index contributed by atoms with van der Waals surface area (Å²) in [6.45, 7) is 0. The van der Waals surface area contributed by atoms with Crippen molar-refractivity contribution in [3.8, 4) is 0 Å². The largest absolute Gasteiger partial charge is 0.289 e. The normalized spacial score (nSPS) is 10.4. The van der Waals surface area contributed by atoms with Crippen LogP contribution in [0.3, 0.4) is 0 Å². The summed E-state index contributed by atoms with van der Waals surface area (Å²) in [6, 6.07) is 9.44. The minimum absolute atomic E-state index is 0.107. The molecule has 0 saturated carbocycles. The minimum atomic E-state index is -0.485. The number of hydrogen-bond donors (Lipinski definition) is 1. The first-order valence-corrected chi connectivity index (χ1v) is 5.88. The molecule has 1 aromatic carbocycles. The molecule has 1 N–H and O–H groups in total. The highest BCUT2D eigenvalue weighted by molar-refractivity contribution is 6.03. The molecule has 1 amide bonds. The predicted molar refractivity (Wildman–Crippen MR) is 71.7 cm³/mol. The molecular weight excluding hydrogens is 259 g/mol.